The van der Waals surface area contributed by atoms with Gasteiger partial charge < -0.3 is 25.4 Å². The monoisotopic (exact) mass is 653 g/mol. The van der Waals surface area contributed by atoms with E-state index in [9.17, 15) is 19.8 Å². The van der Waals surface area contributed by atoms with Crippen molar-refractivity contribution in [3.05, 3.63) is 24.3 Å². The van der Waals surface area contributed by atoms with Gasteiger partial charge in [0.25, 0.3) is 0 Å². The molecule has 6 N–H and O–H groups in total. The molecule has 0 aliphatic carbocycles. The van der Waals surface area contributed by atoms with Crippen LogP contribution in [0.5, 0.6) is 0 Å². The van der Waals surface area contributed by atoms with E-state index in [-0.39, 0.29) is 31.6 Å². The van der Waals surface area contributed by atoms with Gasteiger partial charge in [0.15, 0.2) is 0 Å². The Kier molecular flexibility index (Phi) is 30.6. The van der Waals surface area contributed by atoms with Gasteiger partial charge in [-0.15, -0.1) is 0 Å². The summed E-state index contributed by atoms with van der Waals surface area (Å²) in [5.74, 6) is -2.93. The molecule has 0 heterocycles. The lowest BCUT2D eigenvalue weighted by Crippen LogP contribution is -2.54. The first-order valence-corrected chi connectivity index (χ1v) is 18.8. The number of carbonyl (C=O) groups excluding carboxylic acids is 2. The van der Waals surface area contributed by atoms with Crippen molar-refractivity contribution in [2.24, 2.45) is 11.5 Å². The van der Waals surface area contributed by atoms with Crippen LogP contribution >= 0.6 is 0 Å². The number of aliphatic hydroxyl groups is 2. The lowest BCUT2D eigenvalue weighted by Gasteiger charge is -2.27. The van der Waals surface area contributed by atoms with E-state index < -0.39 is 17.8 Å². The molecule has 2 atom stereocenters. The Hall–Kier alpha value is -1.74. The molecule has 0 saturated heterocycles. The van der Waals surface area contributed by atoms with Crippen molar-refractivity contribution in [1.82, 2.24) is 0 Å². The molecular formula is C38H72N2O6. The van der Waals surface area contributed by atoms with Gasteiger partial charge in [-0.3, -0.25) is 15.3 Å². The van der Waals surface area contributed by atoms with Crippen LogP contribution in [0.15, 0.2) is 24.3 Å². The molecular weight excluding hydrogens is 580 g/mol. The van der Waals surface area contributed by atoms with Crippen molar-refractivity contribution in [3.8, 4) is 0 Å². The van der Waals surface area contributed by atoms with Crippen molar-refractivity contribution in [3.63, 3.8) is 0 Å². The van der Waals surface area contributed by atoms with Gasteiger partial charge in [-0.1, -0.05) is 128 Å². The lowest BCUT2D eigenvalue weighted by molar-refractivity contribution is -0.223. The van der Waals surface area contributed by atoms with Gasteiger partial charge in [0.1, 0.15) is 0 Å². The Morgan fingerprint density at radius 3 is 1.35 bits per heavy atom. The summed E-state index contributed by atoms with van der Waals surface area (Å²) in [6.45, 7) is 4.09. The second-order valence-corrected chi connectivity index (χ2v) is 13.0. The van der Waals surface area contributed by atoms with Gasteiger partial charge in [0, 0.05) is 12.8 Å². The van der Waals surface area contributed by atoms with E-state index in [0.717, 1.165) is 103 Å². The summed E-state index contributed by atoms with van der Waals surface area (Å²) in [7, 11) is 0. The Morgan fingerprint density at radius 1 is 0.587 bits per heavy atom. The fourth-order valence-electron chi connectivity index (χ4n) is 5.31. The molecule has 0 amide bonds. The number of nitrogens with two attached hydrogens (primary N) is 2. The van der Waals surface area contributed by atoms with Crippen LogP contribution in [0.4, 0.5) is 0 Å². The molecule has 8 heteroatoms. The predicted molar refractivity (Wildman–Crippen MR) is 190 cm³/mol. The quantitative estimate of drug-likeness (QED) is 0.0238. The van der Waals surface area contributed by atoms with Gasteiger partial charge >= 0.3 is 17.8 Å². The number of hydrogen-bond donors (Lipinski definition) is 4. The smallest absolute Gasteiger partial charge is 0.328 e. The van der Waals surface area contributed by atoms with Crippen molar-refractivity contribution in [2.45, 2.75) is 199 Å². The SMILES string of the molecule is CCCCCCC(O)C/C=C\CCCCCCCC(=O)OC(N)(CN)OC(=O)CCCCCCC/C=C\CC(O)CCCCCC. The molecule has 0 aromatic heterocycles. The van der Waals surface area contributed by atoms with E-state index in [2.05, 4.69) is 38.2 Å². The zero-order valence-electron chi connectivity index (χ0n) is 29.7. The van der Waals surface area contributed by atoms with Crippen LogP contribution < -0.4 is 11.5 Å². The first kappa shape index (κ1) is 44.3. The number of aliphatic hydroxyl groups excluding tert-OH is 2. The molecule has 270 valence electrons. The summed E-state index contributed by atoms with van der Waals surface area (Å²) < 4.78 is 10.5. The zero-order valence-corrected chi connectivity index (χ0v) is 29.7. The second-order valence-electron chi connectivity index (χ2n) is 13.0. The molecule has 0 rings (SSSR count). The normalized spacial score (nSPS) is 14.5. The average molecular weight is 653 g/mol. The number of ether oxygens (including phenoxy) is 2. The number of unbranched alkanes of at least 4 members (excludes halogenated alkanes) is 16. The molecule has 0 bridgehead atoms. The molecule has 2 unspecified atom stereocenters. The molecule has 46 heavy (non-hydrogen) atoms. The molecule has 0 aliphatic heterocycles. The summed E-state index contributed by atoms with van der Waals surface area (Å²) in [6, 6.07) is 0. The van der Waals surface area contributed by atoms with Crippen molar-refractivity contribution in [2.75, 3.05) is 6.54 Å². The third-order valence-corrected chi connectivity index (χ3v) is 8.29. The van der Waals surface area contributed by atoms with Gasteiger partial charge in [-0.2, -0.15) is 0 Å². The maximum atomic E-state index is 12.3. The van der Waals surface area contributed by atoms with Crippen LogP contribution in [0.3, 0.4) is 0 Å². The van der Waals surface area contributed by atoms with Crippen molar-refractivity contribution < 1.29 is 29.3 Å². The number of hydrogen-bond acceptors (Lipinski definition) is 8. The van der Waals surface area contributed by atoms with Crippen LogP contribution in [0.25, 0.3) is 0 Å². The minimum atomic E-state index is -1.92. The van der Waals surface area contributed by atoms with Crippen LogP contribution in [0, 0.1) is 0 Å². The van der Waals surface area contributed by atoms with Crippen molar-refractivity contribution >= 4 is 11.9 Å². The average Bonchev–Trinajstić information content (AvgIpc) is 3.03. The van der Waals surface area contributed by atoms with Gasteiger partial charge in [-0.05, 0) is 64.2 Å². The third-order valence-electron chi connectivity index (χ3n) is 8.29. The maximum Gasteiger partial charge on any atom is 0.328 e. The van der Waals surface area contributed by atoms with E-state index in [1.54, 1.807) is 0 Å². The van der Waals surface area contributed by atoms with E-state index in [0.29, 0.717) is 12.8 Å². The summed E-state index contributed by atoms with van der Waals surface area (Å²) in [6.07, 6.45) is 32.9. The van der Waals surface area contributed by atoms with E-state index >= 15 is 0 Å². The molecule has 0 aliphatic rings. The van der Waals surface area contributed by atoms with Crippen LogP contribution in [0.2, 0.25) is 0 Å². The molecule has 0 saturated carbocycles. The number of carbonyl (C=O) groups is 2. The summed E-state index contributed by atoms with van der Waals surface area (Å²) in [5.41, 5.74) is 11.6. The molecule has 0 radical (unpaired) electrons. The van der Waals surface area contributed by atoms with E-state index in [4.69, 9.17) is 20.9 Å². The Bertz CT molecular complexity index is 714. The minimum absolute atomic E-state index is 0.210. The number of allylic oxidation sites excluding steroid dienone is 2. The van der Waals surface area contributed by atoms with Crippen LogP contribution in [0.1, 0.15) is 181 Å². The van der Waals surface area contributed by atoms with Gasteiger partial charge in [0.05, 0.1) is 18.8 Å². The summed E-state index contributed by atoms with van der Waals surface area (Å²) in [5, 5.41) is 20.0. The Balaban J connectivity index is 3.83. The Labute approximate surface area is 282 Å². The fraction of sp³-hybridized carbons (Fsp3) is 0.842. The maximum absolute atomic E-state index is 12.3. The topological polar surface area (TPSA) is 145 Å². The lowest BCUT2D eigenvalue weighted by atomic mass is 10.1. The highest BCUT2D eigenvalue weighted by atomic mass is 16.7. The highest BCUT2D eigenvalue weighted by Gasteiger charge is 2.32. The molecule has 0 aromatic carbocycles. The van der Waals surface area contributed by atoms with Crippen LogP contribution in [-0.2, 0) is 19.1 Å². The summed E-state index contributed by atoms with van der Waals surface area (Å²) >= 11 is 0. The largest absolute Gasteiger partial charge is 0.407 e. The van der Waals surface area contributed by atoms with Crippen LogP contribution in [-0.4, -0.2) is 46.8 Å². The Morgan fingerprint density at radius 2 is 0.957 bits per heavy atom. The van der Waals surface area contributed by atoms with E-state index in [1.165, 1.54) is 38.5 Å². The second kappa shape index (κ2) is 31.8. The first-order chi connectivity index (χ1) is 22.3. The standard InChI is InChI=1S/C38H72N2O6/c1-3-5-7-21-27-34(41)29-23-17-13-9-11-15-19-25-31-36(43)45-38(40,33-39)46-37(44)32-26-20-16-12-10-14-18-24-30-35(42)28-22-8-6-4-2/h17-18,23-24,34-35,41-42H,3-16,19-22,25-33,39-40H2,1-2H3/b23-17-,24-18-. The van der Waals surface area contributed by atoms with Crippen molar-refractivity contribution in [1.29, 1.82) is 0 Å². The molecule has 0 aromatic rings. The fourth-order valence-corrected chi connectivity index (χ4v) is 5.31. The molecule has 0 fully saturated rings. The molecule has 0 spiro atoms. The first-order valence-electron chi connectivity index (χ1n) is 18.8. The van der Waals surface area contributed by atoms with Gasteiger partial charge in [-0.25, -0.2) is 0 Å². The zero-order chi connectivity index (χ0) is 34.1. The summed E-state index contributed by atoms with van der Waals surface area (Å²) in [4.78, 5) is 24.6. The highest BCUT2D eigenvalue weighted by Crippen LogP contribution is 2.15. The van der Waals surface area contributed by atoms with Gasteiger partial charge in [0.2, 0.25) is 0 Å². The highest BCUT2D eigenvalue weighted by molar-refractivity contribution is 5.72. The predicted octanol–water partition coefficient (Wildman–Crippen LogP) is 8.66. The minimum Gasteiger partial charge on any atom is -0.407 e. The third kappa shape index (κ3) is 29.6. The number of rotatable bonds is 33. The molecule has 8 nitrogen and oxygen atoms in total. The van der Waals surface area contributed by atoms with E-state index in [1.807, 2.05) is 0 Å². The number of esters is 2.